The van der Waals surface area contributed by atoms with Crippen molar-refractivity contribution in [3.8, 4) is 0 Å². The van der Waals surface area contributed by atoms with Gasteiger partial charge in [-0.25, -0.2) is 4.90 Å². The number of anilines is 1. The molecule has 0 N–H and O–H groups in total. The van der Waals surface area contributed by atoms with Crippen molar-refractivity contribution < 1.29 is 9.59 Å². The van der Waals surface area contributed by atoms with E-state index in [9.17, 15) is 9.59 Å². The van der Waals surface area contributed by atoms with Gasteiger partial charge < -0.3 is 0 Å². The third kappa shape index (κ3) is 2.07. The Labute approximate surface area is 190 Å². The Hall–Kier alpha value is -1.99. The van der Waals surface area contributed by atoms with Crippen LogP contribution in [0.15, 0.2) is 72.8 Å². The van der Waals surface area contributed by atoms with Crippen LogP contribution in [0.5, 0.6) is 0 Å². The number of carbonyl (C=O) groups is 2. The largest absolute Gasteiger partial charge is 0.274 e. The van der Waals surface area contributed by atoms with Crippen LogP contribution in [0.1, 0.15) is 28.2 Å². The first-order valence-corrected chi connectivity index (χ1v) is 11.4. The number of halogens is 2. The summed E-state index contributed by atoms with van der Waals surface area (Å²) in [5.74, 6) is -1.17. The number of nitrogens with zero attached hydrogens (tertiary/aromatic N) is 1. The summed E-state index contributed by atoms with van der Waals surface area (Å²) in [6.45, 7) is 0. The van der Waals surface area contributed by atoms with E-state index < -0.39 is 16.2 Å². The highest BCUT2D eigenvalue weighted by Crippen LogP contribution is 2.66. The quantitative estimate of drug-likeness (QED) is 0.235. The maximum Gasteiger partial charge on any atom is 0.239 e. The maximum absolute atomic E-state index is 13.8. The Morgan fingerprint density at radius 2 is 1.34 bits per heavy atom. The lowest BCUT2D eigenvalue weighted by Gasteiger charge is -2.51. The molecular formula is C24H15BrINO2. The van der Waals surface area contributed by atoms with Crippen LogP contribution >= 0.6 is 38.5 Å². The SMILES string of the molecule is O=C1[C@@H]2[C@@H](C(=O)N1c1ccccc1I)C1c3ccccc3C2(Br)c2ccccc21. The van der Waals surface area contributed by atoms with E-state index in [0.717, 1.165) is 25.8 Å². The predicted octanol–water partition coefficient (Wildman–Crippen LogP) is 5.19. The molecule has 0 unspecified atom stereocenters. The molecule has 3 aromatic carbocycles. The van der Waals surface area contributed by atoms with Gasteiger partial charge in [0.1, 0.15) is 0 Å². The van der Waals surface area contributed by atoms with Crippen LogP contribution in [0.2, 0.25) is 0 Å². The van der Waals surface area contributed by atoms with Crippen LogP contribution in [0, 0.1) is 15.4 Å². The monoisotopic (exact) mass is 555 g/mol. The highest BCUT2D eigenvalue weighted by molar-refractivity contribution is 14.1. The third-order valence-corrected chi connectivity index (χ3v) is 8.87. The minimum Gasteiger partial charge on any atom is -0.274 e. The fraction of sp³-hybridized carbons (Fsp3) is 0.167. The first kappa shape index (κ1) is 17.8. The van der Waals surface area contributed by atoms with Crippen LogP contribution < -0.4 is 4.90 Å². The lowest BCUT2D eigenvalue weighted by molar-refractivity contribution is -0.122. The van der Waals surface area contributed by atoms with Gasteiger partial charge in [0.05, 0.1) is 21.8 Å². The fourth-order valence-corrected chi connectivity index (χ4v) is 7.38. The summed E-state index contributed by atoms with van der Waals surface area (Å²) in [4.78, 5) is 29.0. The molecule has 7 rings (SSSR count). The molecule has 5 heteroatoms. The molecule has 142 valence electrons. The smallest absolute Gasteiger partial charge is 0.239 e. The van der Waals surface area contributed by atoms with Gasteiger partial charge in [-0.15, -0.1) is 0 Å². The van der Waals surface area contributed by atoms with Crippen LogP contribution in [0.3, 0.4) is 0 Å². The molecule has 0 spiro atoms. The van der Waals surface area contributed by atoms with Crippen molar-refractivity contribution in [3.63, 3.8) is 0 Å². The highest BCUT2D eigenvalue weighted by Gasteiger charge is 2.67. The summed E-state index contributed by atoms with van der Waals surface area (Å²) >= 11 is 6.22. The van der Waals surface area contributed by atoms with E-state index in [4.69, 9.17) is 0 Å². The summed E-state index contributed by atoms with van der Waals surface area (Å²) in [7, 11) is 0. The van der Waals surface area contributed by atoms with Crippen LogP contribution in [-0.4, -0.2) is 11.8 Å². The van der Waals surface area contributed by atoms with E-state index >= 15 is 0 Å². The second-order valence-electron chi connectivity index (χ2n) is 7.83. The van der Waals surface area contributed by atoms with Crippen molar-refractivity contribution >= 4 is 56.0 Å². The Bertz CT molecular complexity index is 1180. The average Bonchev–Trinajstić information content (AvgIpc) is 3.01. The first-order valence-electron chi connectivity index (χ1n) is 9.55. The molecule has 2 bridgehead atoms. The summed E-state index contributed by atoms with van der Waals surface area (Å²) < 4.78 is 0.206. The number of imide groups is 1. The van der Waals surface area contributed by atoms with Gasteiger partial charge in [-0.2, -0.15) is 0 Å². The number of hydrogen-bond donors (Lipinski definition) is 0. The minimum absolute atomic E-state index is 0.0954. The first-order chi connectivity index (χ1) is 14.0. The fourth-order valence-electron chi connectivity index (χ4n) is 5.55. The molecule has 3 aliphatic carbocycles. The summed E-state index contributed by atoms with van der Waals surface area (Å²) in [6, 6.07) is 24.1. The van der Waals surface area contributed by atoms with Crippen molar-refractivity contribution in [2.24, 2.45) is 11.8 Å². The molecule has 1 heterocycles. The van der Waals surface area contributed by atoms with Crippen LogP contribution in [0.25, 0.3) is 0 Å². The number of carbonyl (C=O) groups excluding carboxylic acids is 2. The Balaban J connectivity index is 1.64. The number of alkyl halides is 1. The lowest BCUT2D eigenvalue weighted by Crippen LogP contribution is -2.50. The summed E-state index contributed by atoms with van der Waals surface area (Å²) in [5.41, 5.74) is 5.19. The zero-order valence-corrected chi connectivity index (χ0v) is 18.9. The van der Waals surface area contributed by atoms with Crippen molar-refractivity contribution in [2.45, 2.75) is 10.2 Å². The lowest BCUT2D eigenvalue weighted by atomic mass is 9.55. The third-order valence-electron chi connectivity index (χ3n) is 6.61. The van der Waals surface area contributed by atoms with Gasteiger partial charge in [0, 0.05) is 9.49 Å². The van der Waals surface area contributed by atoms with E-state index in [1.165, 1.54) is 4.90 Å². The molecule has 1 saturated heterocycles. The van der Waals surface area contributed by atoms with Gasteiger partial charge in [0.2, 0.25) is 11.8 Å². The molecule has 1 aliphatic heterocycles. The van der Waals surface area contributed by atoms with Gasteiger partial charge in [0.25, 0.3) is 0 Å². The zero-order valence-electron chi connectivity index (χ0n) is 15.2. The Kier molecular flexibility index (Phi) is 3.70. The second-order valence-corrected chi connectivity index (χ2v) is 10.2. The zero-order chi connectivity index (χ0) is 19.9. The number of hydrogen-bond acceptors (Lipinski definition) is 2. The predicted molar refractivity (Wildman–Crippen MR) is 123 cm³/mol. The maximum atomic E-state index is 13.8. The molecule has 3 aromatic rings. The molecule has 3 nitrogen and oxygen atoms in total. The van der Waals surface area contributed by atoms with E-state index in [2.05, 4.69) is 62.8 Å². The topological polar surface area (TPSA) is 37.4 Å². The molecule has 1 fully saturated rings. The van der Waals surface area contributed by atoms with Gasteiger partial charge >= 0.3 is 0 Å². The number of para-hydroxylation sites is 1. The van der Waals surface area contributed by atoms with E-state index in [1.54, 1.807) is 0 Å². The van der Waals surface area contributed by atoms with Gasteiger partial charge in [-0.1, -0.05) is 76.6 Å². The standard InChI is InChI=1S/C24H15BrINO2/c25-24-15-9-3-1-7-13(15)19(14-8-2-4-10-16(14)24)20-21(24)23(29)27(22(20)28)18-12-6-5-11-17(18)26/h1-12,19-21H/t19?,20-,21-,24?/m0/s1. The molecule has 2 atom stereocenters. The normalized spacial score (nSPS) is 28.9. The highest BCUT2D eigenvalue weighted by atomic mass is 127. The van der Waals surface area contributed by atoms with Crippen LogP contribution in [0.4, 0.5) is 5.69 Å². The van der Waals surface area contributed by atoms with Gasteiger partial charge in [0.15, 0.2) is 0 Å². The van der Waals surface area contributed by atoms with Crippen molar-refractivity contribution in [2.75, 3.05) is 4.90 Å². The van der Waals surface area contributed by atoms with Gasteiger partial charge in [-0.3, -0.25) is 9.59 Å². The molecule has 0 radical (unpaired) electrons. The van der Waals surface area contributed by atoms with Crippen molar-refractivity contribution in [3.05, 3.63) is 98.6 Å². The van der Waals surface area contributed by atoms with E-state index in [1.807, 2.05) is 48.5 Å². The average molecular weight is 556 g/mol. The molecule has 2 amide bonds. The molecule has 4 aliphatic rings. The molecular weight excluding hydrogens is 541 g/mol. The van der Waals surface area contributed by atoms with Crippen LogP contribution in [-0.2, 0) is 13.9 Å². The molecule has 29 heavy (non-hydrogen) atoms. The number of amides is 2. The second kappa shape index (κ2) is 6.01. The molecule has 0 aromatic heterocycles. The van der Waals surface area contributed by atoms with E-state index in [0.29, 0.717) is 5.69 Å². The number of rotatable bonds is 1. The Morgan fingerprint density at radius 1 is 0.793 bits per heavy atom. The summed E-state index contributed by atoms with van der Waals surface area (Å²) in [5, 5.41) is 0. The van der Waals surface area contributed by atoms with E-state index in [-0.39, 0.29) is 17.7 Å². The summed E-state index contributed by atoms with van der Waals surface area (Å²) in [6.07, 6.45) is 0. The van der Waals surface area contributed by atoms with Gasteiger partial charge in [-0.05, 0) is 57.0 Å². The minimum atomic E-state index is -0.693. The van der Waals surface area contributed by atoms with Crippen molar-refractivity contribution in [1.29, 1.82) is 0 Å². The number of benzene rings is 3. The van der Waals surface area contributed by atoms with Crippen molar-refractivity contribution in [1.82, 2.24) is 0 Å². The Morgan fingerprint density at radius 3 is 1.97 bits per heavy atom. The molecule has 0 saturated carbocycles.